The molecule has 90 valence electrons. The van der Waals surface area contributed by atoms with Gasteiger partial charge in [0.15, 0.2) is 0 Å². The maximum absolute atomic E-state index is 5.54. The molecule has 1 fully saturated rings. The van der Waals surface area contributed by atoms with Gasteiger partial charge >= 0.3 is 0 Å². The summed E-state index contributed by atoms with van der Waals surface area (Å²) in [5, 5.41) is 3.39. The third-order valence-electron chi connectivity index (χ3n) is 3.24. The Morgan fingerprint density at radius 2 is 1.93 bits per heavy atom. The van der Waals surface area contributed by atoms with Crippen molar-refractivity contribution in [1.82, 2.24) is 5.32 Å². The van der Waals surface area contributed by atoms with Crippen molar-refractivity contribution in [2.24, 2.45) is 5.92 Å². The predicted molar refractivity (Wildman–Crippen MR) is 62.1 cm³/mol. The minimum Gasteiger partial charge on any atom is -0.379 e. The molecule has 0 heterocycles. The summed E-state index contributed by atoms with van der Waals surface area (Å²) in [6, 6.07) is 0.723. The Labute approximate surface area is 93.5 Å². The van der Waals surface area contributed by atoms with E-state index in [1.54, 1.807) is 0 Å². The Morgan fingerprint density at radius 3 is 2.67 bits per heavy atom. The third-order valence-corrected chi connectivity index (χ3v) is 3.24. The fourth-order valence-corrected chi connectivity index (χ4v) is 2.36. The van der Waals surface area contributed by atoms with Crippen molar-refractivity contribution < 1.29 is 9.47 Å². The molecule has 2 atom stereocenters. The zero-order valence-corrected chi connectivity index (χ0v) is 10.1. The van der Waals surface area contributed by atoms with Crippen LogP contribution in [0, 0.1) is 5.92 Å². The van der Waals surface area contributed by atoms with Gasteiger partial charge in [0.25, 0.3) is 0 Å². The molecule has 0 aliphatic heterocycles. The van der Waals surface area contributed by atoms with Crippen molar-refractivity contribution in [3.8, 4) is 0 Å². The molecule has 1 rings (SSSR count). The minimum absolute atomic E-state index is 0.723. The molecule has 0 spiro atoms. The summed E-state index contributed by atoms with van der Waals surface area (Å²) in [5.74, 6) is 0.821. The minimum atomic E-state index is 0.723. The molecule has 15 heavy (non-hydrogen) atoms. The second-order valence-corrected chi connectivity index (χ2v) is 4.18. The second kappa shape index (κ2) is 8.08. The van der Waals surface area contributed by atoms with E-state index in [2.05, 4.69) is 12.4 Å². The van der Waals surface area contributed by atoms with Crippen LogP contribution in [-0.2, 0) is 9.47 Å². The van der Waals surface area contributed by atoms with Crippen LogP contribution in [0.15, 0.2) is 0 Å². The van der Waals surface area contributed by atoms with Crippen molar-refractivity contribution in [1.29, 1.82) is 0 Å². The fourth-order valence-electron chi connectivity index (χ4n) is 2.36. The number of ether oxygens (including phenoxy) is 2. The van der Waals surface area contributed by atoms with E-state index >= 15 is 0 Å². The smallest absolute Gasteiger partial charge is 0.0700 e. The highest BCUT2D eigenvalue weighted by molar-refractivity contribution is 4.81. The van der Waals surface area contributed by atoms with Crippen LogP contribution >= 0.6 is 0 Å². The number of nitrogens with one attached hydrogen (secondary N) is 1. The Balaban J connectivity index is 1.95. The van der Waals surface area contributed by atoms with Crippen molar-refractivity contribution >= 4 is 0 Å². The highest BCUT2D eigenvalue weighted by atomic mass is 16.5. The first-order valence-electron chi connectivity index (χ1n) is 6.21. The number of hydrogen-bond acceptors (Lipinski definition) is 3. The van der Waals surface area contributed by atoms with Crippen molar-refractivity contribution in [2.45, 2.75) is 38.6 Å². The molecule has 2 unspecified atom stereocenters. The number of rotatable bonds is 8. The van der Waals surface area contributed by atoms with Crippen LogP contribution in [0.1, 0.15) is 32.6 Å². The van der Waals surface area contributed by atoms with E-state index in [9.17, 15) is 0 Å². The molecular weight excluding hydrogens is 190 g/mol. The molecule has 1 saturated carbocycles. The van der Waals surface area contributed by atoms with Gasteiger partial charge in [0.2, 0.25) is 0 Å². The Morgan fingerprint density at radius 1 is 1.13 bits per heavy atom. The molecule has 0 bridgehead atoms. The van der Waals surface area contributed by atoms with Crippen LogP contribution < -0.4 is 5.32 Å². The summed E-state index contributed by atoms with van der Waals surface area (Å²) in [4.78, 5) is 0. The lowest BCUT2D eigenvalue weighted by atomic mass is 10.0. The van der Waals surface area contributed by atoms with Crippen LogP contribution in [0.5, 0.6) is 0 Å². The van der Waals surface area contributed by atoms with Crippen LogP contribution in [0.25, 0.3) is 0 Å². The molecule has 0 aromatic carbocycles. The highest BCUT2D eigenvalue weighted by Gasteiger charge is 2.24. The van der Waals surface area contributed by atoms with Gasteiger partial charge in [0, 0.05) is 19.3 Å². The molecular formula is C12H25NO2. The molecule has 3 nitrogen and oxygen atoms in total. The van der Waals surface area contributed by atoms with E-state index in [1.165, 1.54) is 25.7 Å². The van der Waals surface area contributed by atoms with Crippen molar-refractivity contribution in [2.75, 3.05) is 33.5 Å². The summed E-state index contributed by atoms with van der Waals surface area (Å²) in [6.45, 7) is 5.15. The maximum Gasteiger partial charge on any atom is 0.0700 e. The lowest BCUT2D eigenvalue weighted by Crippen LogP contribution is -2.29. The van der Waals surface area contributed by atoms with Gasteiger partial charge in [-0.3, -0.25) is 0 Å². The van der Waals surface area contributed by atoms with Crippen LogP contribution in [-0.4, -0.2) is 39.5 Å². The van der Waals surface area contributed by atoms with Gasteiger partial charge < -0.3 is 14.8 Å². The fraction of sp³-hybridized carbons (Fsp3) is 1.00. The van der Waals surface area contributed by atoms with Crippen LogP contribution in [0.4, 0.5) is 0 Å². The lowest BCUT2D eigenvalue weighted by Gasteiger charge is -2.18. The Bertz CT molecular complexity index is 153. The summed E-state index contributed by atoms with van der Waals surface area (Å²) in [5.41, 5.74) is 0. The zero-order valence-electron chi connectivity index (χ0n) is 10.1. The summed E-state index contributed by atoms with van der Waals surface area (Å²) in [7, 11) is 2.07. The summed E-state index contributed by atoms with van der Waals surface area (Å²) >= 11 is 0. The molecule has 0 aromatic heterocycles. The molecule has 3 heteroatoms. The SMILES string of the molecule is CCOCCOCCC1CCCC1NC. The quantitative estimate of drug-likeness (QED) is 0.626. The van der Waals surface area contributed by atoms with Gasteiger partial charge in [0.05, 0.1) is 13.2 Å². The molecule has 1 aliphatic carbocycles. The summed E-state index contributed by atoms with van der Waals surface area (Å²) in [6.07, 6.45) is 5.26. The maximum atomic E-state index is 5.54. The molecule has 1 aliphatic rings. The molecule has 1 N–H and O–H groups in total. The predicted octanol–water partition coefficient (Wildman–Crippen LogP) is 1.82. The molecule has 0 saturated heterocycles. The average Bonchev–Trinajstić information content (AvgIpc) is 2.70. The average molecular weight is 215 g/mol. The molecule has 0 amide bonds. The van der Waals surface area contributed by atoms with E-state index in [4.69, 9.17) is 9.47 Å². The van der Waals surface area contributed by atoms with Crippen molar-refractivity contribution in [3.63, 3.8) is 0 Å². The van der Waals surface area contributed by atoms with E-state index in [0.717, 1.165) is 38.4 Å². The standard InChI is InChI=1S/C12H25NO2/c1-3-14-9-10-15-8-7-11-5-4-6-12(11)13-2/h11-13H,3-10H2,1-2H3. The van der Waals surface area contributed by atoms with E-state index in [-0.39, 0.29) is 0 Å². The largest absolute Gasteiger partial charge is 0.379 e. The Kier molecular flexibility index (Phi) is 6.98. The Hall–Kier alpha value is -0.120. The summed E-state index contributed by atoms with van der Waals surface area (Å²) < 4.78 is 10.7. The van der Waals surface area contributed by atoms with Crippen LogP contribution in [0.3, 0.4) is 0 Å². The first-order valence-corrected chi connectivity index (χ1v) is 6.21. The third kappa shape index (κ3) is 4.96. The van der Waals surface area contributed by atoms with Gasteiger partial charge in [-0.25, -0.2) is 0 Å². The normalized spacial score (nSPS) is 26.0. The van der Waals surface area contributed by atoms with Gasteiger partial charge in [-0.1, -0.05) is 6.42 Å². The molecule has 0 radical (unpaired) electrons. The first-order chi connectivity index (χ1) is 7.38. The monoisotopic (exact) mass is 215 g/mol. The van der Waals surface area contributed by atoms with Gasteiger partial charge in [-0.15, -0.1) is 0 Å². The zero-order chi connectivity index (χ0) is 10.9. The van der Waals surface area contributed by atoms with Gasteiger partial charge in [0.1, 0.15) is 0 Å². The van der Waals surface area contributed by atoms with Gasteiger partial charge in [-0.2, -0.15) is 0 Å². The second-order valence-electron chi connectivity index (χ2n) is 4.18. The van der Waals surface area contributed by atoms with Gasteiger partial charge in [-0.05, 0) is 39.2 Å². The van der Waals surface area contributed by atoms with E-state index in [0.29, 0.717) is 0 Å². The highest BCUT2D eigenvalue weighted by Crippen LogP contribution is 2.27. The van der Waals surface area contributed by atoms with Crippen molar-refractivity contribution in [3.05, 3.63) is 0 Å². The van der Waals surface area contributed by atoms with Crippen LogP contribution in [0.2, 0.25) is 0 Å². The molecule has 0 aromatic rings. The first kappa shape index (κ1) is 12.9. The lowest BCUT2D eigenvalue weighted by molar-refractivity contribution is 0.0467. The number of hydrogen-bond donors (Lipinski definition) is 1. The van der Waals surface area contributed by atoms with E-state index < -0.39 is 0 Å². The topological polar surface area (TPSA) is 30.5 Å². The van der Waals surface area contributed by atoms with E-state index in [1.807, 2.05) is 6.92 Å².